The fourth-order valence-corrected chi connectivity index (χ4v) is 3.72. The van der Waals surface area contributed by atoms with Crippen LogP contribution in [0.15, 0.2) is 24.3 Å². The predicted molar refractivity (Wildman–Crippen MR) is 103 cm³/mol. The number of nitrogens with zero attached hydrogens (tertiary/aromatic N) is 2. The molecule has 27 heavy (non-hydrogen) atoms. The number of urea groups is 1. The highest BCUT2D eigenvalue weighted by molar-refractivity contribution is 5.80. The van der Waals surface area contributed by atoms with Crippen LogP contribution in [0.4, 0.5) is 4.79 Å². The number of benzene rings is 1. The summed E-state index contributed by atoms with van der Waals surface area (Å²) in [6, 6.07) is 7.93. The second-order valence-corrected chi connectivity index (χ2v) is 7.72. The highest BCUT2D eigenvalue weighted by atomic mass is 16.5. The molecule has 2 aliphatic rings. The molecular formula is C20H30N4O3. The Morgan fingerprint density at radius 1 is 1.22 bits per heavy atom. The molecule has 1 aromatic carbocycles. The van der Waals surface area contributed by atoms with Gasteiger partial charge in [0.1, 0.15) is 0 Å². The first-order chi connectivity index (χ1) is 12.9. The second-order valence-electron chi connectivity index (χ2n) is 7.72. The van der Waals surface area contributed by atoms with Crippen molar-refractivity contribution < 1.29 is 14.3 Å². The van der Waals surface area contributed by atoms with Crippen molar-refractivity contribution in [2.75, 3.05) is 40.3 Å². The molecule has 0 spiro atoms. The molecule has 2 fully saturated rings. The standard InChI is InChI=1S/C20H30N4O3/c1-14-6-4-5-7-15(14)11-22-20(26)24-12-16-10-17(18(13-24)27-16)19(25)21-8-9-23(2)3/h4-7,16-18H,8-13H2,1-3H3,(H,21,25)(H,22,26). The monoisotopic (exact) mass is 374 g/mol. The summed E-state index contributed by atoms with van der Waals surface area (Å²) in [6.45, 7) is 4.98. The Kier molecular flexibility index (Phi) is 6.34. The number of amides is 3. The maximum Gasteiger partial charge on any atom is 0.317 e. The van der Waals surface area contributed by atoms with Gasteiger partial charge in [0.05, 0.1) is 18.1 Å². The molecule has 0 radical (unpaired) electrons. The van der Waals surface area contributed by atoms with Crippen molar-refractivity contribution >= 4 is 11.9 Å². The average Bonchev–Trinajstić information content (AvgIpc) is 2.94. The van der Waals surface area contributed by atoms with Gasteiger partial charge < -0.3 is 25.2 Å². The van der Waals surface area contributed by atoms with Gasteiger partial charge in [-0.2, -0.15) is 0 Å². The van der Waals surface area contributed by atoms with E-state index >= 15 is 0 Å². The summed E-state index contributed by atoms with van der Waals surface area (Å²) in [5.74, 6) is -0.141. The van der Waals surface area contributed by atoms with Crippen LogP contribution in [0.3, 0.4) is 0 Å². The van der Waals surface area contributed by atoms with Gasteiger partial charge >= 0.3 is 6.03 Å². The third-order valence-electron chi connectivity index (χ3n) is 5.33. The van der Waals surface area contributed by atoms with Gasteiger partial charge in [0.25, 0.3) is 0 Å². The van der Waals surface area contributed by atoms with Crippen LogP contribution < -0.4 is 10.6 Å². The Morgan fingerprint density at radius 2 is 2.00 bits per heavy atom. The quantitative estimate of drug-likeness (QED) is 0.778. The van der Waals surface area contributed by atoms with Crippen LogP contribution in [-0.4, -0.2) is 74.2 Å². The third-order valence-corrected chi connectivity index (χ3v) is 5.33. The van der Waals surface area contributed by atoms with E-state index < -0.39 is 0 Å². The number of rotatable bonds is 6. The van der Waals surface area contributed by atoms with E-state index in [4.69, 9.17) is 4.74 Å². The number of nitrogens with one attached hydrogen (secondary N) is 2. The molecule has 1 aromatic rings. The molecule has 2 heterocycles. The summed E-state index contributed by atoms with van der Waals surface area (Å²) >= 11 is 0. The van der Waals surface area contributed by atoms with E-state index in [-0.39, 0.29) is 30.1 Å². The fraction of sp³-hybridized carbons (Fsp3) is 0.600. The van der Waals surface area contributed by atoms with Crippen molar-refractivity contribution in [1.29, 1.82) is 0 Å². The molecule has 0 aliphatic carbocycles. The highest BCUT2D eigenvalue weighted by Gasteiger charge is 2.45. The van der Waals surface area contributed by atoms with Gasteiger partial charge in [-0.1, -0.05) is 24.3 Å². The van der Waals surface area contributed by atoms with Crippen LogP contribution in [0.5, 0.6) is 0 Å². The minimum absolute atomic E-state index is 0.0338. The van der Waals surface area contributed by atoms with E-state index in [0.717, 1.165) is 17.7 Å². The van der Waals surface area contributed by atoms with E-state index in [1.807, 2.05) is 50.2 Å². The van der Waals surface area contributed by atoms with E-state index in [0.29, 0.717) is 32.6 Å². The minimum Gasteiger partial charge on any atom is -0.370 e. The van der Waals surface area contributed by atoms with Crippen molar-refractivity contribution in [3.63, 3.8) is 0 Å². The SMILES string of the molecule is Cc1ccccc1CNC(=O)N1CC2CC(C(=O)NCCN(C)C)C(C1)O2. The van der Waals surface area contributed by atoms with Crippen molar-refractivity contribution in [2.24, 2.45) is 5.92 Å². The molecule has 2 N–H and O–H groups in total. The lowest BCUT2D eigenvalue weighted by Gasteiger charge is -2.32. The van der Waals surface area contributed by atoms with E-state index in [2.05, 4.69) is 10.6 Å². The van der Waals surface area contributed by atoms with Gasteiger partial charge in [-0.05, 0) is 38.6 Å². The van der Waals surface area contributed by atoms with Crippen molar-refractivity contribution in [3.05, 3.63) is 35.4 Å². The summed E-state index contributed by atoms with van der Waals surface area (Å²) in [5.41, 5.74) is 2.27. The van der Waals surface area contributed by atoms with Crippen molar-refractivity contribution in [1.82, 2.24) is 20.4 Å². The topological polar surface area (TPSA) is 73.9 Å². The molecule has 0 saturated carbocycles. The van der Waals surface area contributed by atoms with Crippen LogP contribution in [0.25, 0.3) is 0 Å². The third kappa shape index (κ3) is 4.99. The maximum absolute atomic E-state index is 12.6. The first-order valence-electron chi connectivity index (χ1n) is 9.59. The lowest BCUT2D eigenvalue weighted by molar-refractivity contribution is -0.127. The zero-order valence-corrected chi connectivity index (χ0v) is 16.4. The Bertz CT molecular complexity index is 679. The molecule has 3 atom stereocenters. The number of hydrogen-bond donors (Lipinski definition) is 2. The molecule has 2 aliphatic heterocycles. The summed E-state index contributed by atoms with van der Waals surface area (Å²) in [7, 11) is 3.95. The first-order valence-corrected chi connectivity index (χ1v) is 9.59. The van der Waals surface area contributed by atoms with E-state index in [1.54, 1.807) is 4.90 Å². The average molecular weight is 374 g/mol. The predicted octanol–water partition coefficient (Wildman–Crippen LogP) is 0.972. The number of likely N-dealkylation sites (tertiary alicyclic amines) is 1. The summed E-state index contributed by atoms with van der Waals surface area (Å²) in [5, 5.41) is 5.98. The van der Waals surface area contributed by atoms with Gasteiger partial charge in [-0.15, -0.1) is 0 Å². The Balaban J connectivity index is 1.50. The van der Waals surface area contributed by atoms with Crippen LogP contribution in [0.2, 0.25) is 0 Å². The number of ether oxygens (including phenoxy) is 1. The van der Waals surface area contributed by atoms with Crippen LogP contribution in [0.1, 0.15) is 17.5 Å². The molecule has 3 unspecified atom stereocenters. The summed E-state index contributed by atoms with van der Waals surface area (Å²) in [4.78, 5) is 28.9. The lowest BCUT2D eigenvalue weighted by atomic mass is 9.99. The number of carbonyl (C=O) groups is 2. The van der Waals surface area contributed by atoms with Crippen molar-refractivity contribution in [2.45, 2.75) is 32.1 Å². The number of hydrogen-bond acceptors (Lipinski definition) is 4. The summed E-state index contributed by atoms with van der Waals surface area (Å²) in [6.07, 6.45) is 0.407. The molecule has 0 aromatic heterocycles. The van der Waals surface area contributed by atoms with Gasteiger partial charge in [-0.25, -0.2) is 4.79 Å². The minimum atomic E-state index is -0.215. The number of fused-ring (bicyclic) bond motifs is 2. The molecule has 3 rings (SSSR count). The molecule has 148 valence electrons. The molecule has 2 saturated heterocycles. The van der Waals surface area contributed by atoms with Crippen LogP contribution in [0, 0.1) is 12.8 Å². The lowest BCUT2D eigenvalue weighted by Crippen LogP contribution is -2.51. The molecular weight excluding hydrogens is 344 g/mol. The van der Waals surface area contributed by atoms with E-state index in [1.165, 1.54) is 0 Å². The Labute approximate surface area is 161 Å². The smallest absolute Gasteiger partial charge is 0.317 e. The highest BCUT2D eigenvalue weighted by Crippen LogP contribution is 2.32. The maximum atomic E-state index is 12.6. The molecule has 7 heteroatoms. The molecule has 3 amide bonds. The summed E-state index contributed by atoms with van der Waals surface area (Å²) < 4.78 is 5.93. The van der Waals surface area contributed by atoms with Crippen LogP contribution >= 0.6 is 0 Å². The van der Waals surface area contributed by atoms with Gasteiger partial charge in [0.15, 0.2) is 0 Å². The number of aryl methyl sites for hydroxylation is 1. The van der Waals surface area contributed by atoms with Crippen molar-refractivity contribution in [3.8, 4) is 0 Å². The fourth-order valence-electron chi connectivity index (χ4n) is 3.72. The molecule has 2 bridgehead atoms. The number of morpholine rings is 1. The normalized spacial score (nSPS) is 24.1. The van der Waals surface area contributed by atoms with E-state index in [9.17, 15) is 9.59 Å². The largest absolute Gasteiger partial charge is 0.370 e. The van der Waals surface area contributed by atoms with Gasteiger partial charge in [0.2, 0.25) is 5.91 Å². The Morgan fingerprint density at radius 3 is 2.74 bits per heavy atom. The van der Waals surface area contributed by atoms with Crippen LogP contribution in [-0.2, 0) is 16.1 Å². The first kappa shape index (κ1) is 19.6. The second kappa shape index (κ2) is 8.71. The van der Waals surface area contributed by atoms with Gasteiger partial charge in [0, 0.05) is 32.7 Å². The zero-order chi connectivity index (χ0) is 19.4. The number of likely N-dealkylation sites (N-methyl/N-ethyl adjacent to an activating group) is 1. The van der Waals surface area contributed by atoms with Gasteiger partial charge in [-0.3, -0.25) is 4.79 Å². The zero-order valence-electron chi connectivity index (χ0n) is 16.4. The Hall–Kier alpha value is -2.12. The molecule has 7 nitrogen and oxygen atoms in total. The number of carbonyl (C=O) groups excluding carboxylic acids is 2.